The molecule has 198 valence electrons. The fourth-order valence-electron chi connectivity index (χ4n) is 5.23. The van der Waals surface area contributed by atoms with E-state index < -0.39 is 17.6 Å². The lowest BCUT2D eigenvalue weighted by Gasteiger charge is -2.35. The lowest BCUT2D eigenvalue weighted by molar-refractivity contribution is 0.0945. The number of aromatic nitrogens is 2. The Morgan fingerprint density at radius 2 is 1.76 bits per heavy atom. The van der Waals surface area contributed by atoms with E-state index in [4.69, 9.17) is 10.5 Å². The lowest BCUT2D eigenvalue weighted by atomic mass is 9.96. The van der Waals surface area contributed by atoms with E-state index in [1.807, 2.05) is 0 Å². The van der Waals surface area contributed by atoms with Gasteiger partial charge in [0.05, 0.1) is 13.2 Å². The zero-order chi connectivity index (χ0) is 26.4. The third-order valence-corrected chi connectivity index (χ3v) is 7.41. The number of nitrogens with zero attached hydrogens (tertiary/aromatic N) is 4. The van der Waals surface area contributed by atoms with Gasteiger partial charge in [-0.25, -0.2) is 13.8 Å². The standard InChI is InChI=1S/C27H27F3N6O2/c28-20-13-17-15(4-5-32-27(17)37)12-18(20)24-26(31)34-25(30)23(33-24)16-2-3-21(36-8-10-38-11-9-36)19(22(16)29)14-35-6-1-7-35/h2-3,12-13H,1,4-11,14H2,(H2,31,34)(H,32,37). The van der Waals surface area contributed by atoms with Crippen molar-refractivity contribution < 1.29 is 22.7 Å². The van der Waals surface area contributed by atoms with Gasteiger partial charge in [0, 0.05) is 54.1 Å². The molecule has 1 aromatic heterocycles. The predicted molar refractivity (Wildman–Crippen MR) is 136 cm³/mol. The van der Waals surface area contributed by atoms with Crippen LogP contribution >= 0.6 is 0 Å². The number of likely N-dealkylation sites (tertiary alicyclic amines) is 1. The molecule has 1 amide bonds. The molecule has 2 fully saturated rings. The first-order chi connectivity index (χ1) is 18.4. The topological polar surface area (TPSA) is 96.6 Å². The van der Waals surface area contributed by atoms with Gasteiger partial charge in [-0.15, -0.1) is 0 Å². The van der Waals surface area contributed by atoms with Crippen LogP contribution in [0.4, 0.5) is 24.7 Å². The Kier molecular flexibility index (Phi) is 6.40. The molecule has 0 bridgehead atoms. The second-order valence-corrected chi connectivity index (χ2v) is 9.75. The number of hydrogen-bond donors (Lipinski definition) is 2. The molecule has 0 radical (unpaired) electrons. The minimum Gasteiger partial charge on any atom is -0.382 e. The number of hydrogen-bond acceptors (Lipinski definition) is 7. The summed E-state index contributed by atoms with van der Waals surface area (Å²) in [5.74, 6) is -3.07. The van der Waals surface area contributed by atoms with Crippen molar-refractivity contribution in [2.75, 3.05) is 56.6 Å². The Hall–Kier alpha value is -3.70. The van der Waals surface area contributed by atoms with Crippen LogP contribution in [0.1, 0.15) is 27.9 Å². The average Bonchev–Trinajstić information content (AvgIpc) is 2.88. The van der Waals surface area contributed by atoms with Crippen molar-refractivity contribution in [2.45, 2.75) is 19.4 Å². The number of benzene rings is 2. The second kappa shape index (κ2) is 9.88. The van der Waals surface area contributed by atoms with Crippen LogP contribution in [0.25, 0.3) is 22.5 Å². The Morgan fingerprint density at radius 1 is 0.974 bits per heavy atom. The van der Waals surface area contributed by atoms with E-state index >= 15 is 13.2 Å². The number of carbonyl (C=O) groups excluding carboxylic acids is 1. The van der Waals surface area contributed by atoms with E-state index in [0.717, 1.165) is 31.3 Å². The molecule has 0 atom stereocenters. The molecular weight excluding hydrogens is 497 g/mol. The van der Waals surface area contributed by atoms with E-state index in [1.54, 1.807) is 6.07 Å². The summed E-state index contributed by atoms with van der Waals surface area (Å²) >= 11 is 0. The van der Waals surface area contributed by atoms with E-state index in [0.29, 0.717) is 56.9 Å². The van der Waals surface area contributed by atoms with Gasteiger partial charge in [-0.1, -0.05) is 0 Å². The molecule has 11 heteroatoms. The summed E-state index contributed by atoms with van der Waals surface area (Å²) in [6.07, 6.45) is 1.54. The van der Waals surface area contributed by atoms with Gasteiger partial charge in [-0.05, 0) is 55.8 Å². The summed E-state index contributed by atoms with van der Waals surface area (Å²) in [5.41, 5.74) is 7.48. The second-order valence-electron chi connectivity index (χ2n) is 9.75. The third-order valence-electron chi connectivity index (χ3n) is 7.41. The molecular formula is C27H27F3N6O2. The highest BCUT2D eigenvalue weighted by atomic mass is 19.1. The number of carbonyl (C=O) groups is 1. The Bertz CT molecular complexity index is 1420. The number of nitrogen functional groups attached to an aromatic ring is 1. The van der Waals surface area contributed by atoms with E-state index in [1.165, 1.54) is 12.1 Å². The van der Waals surface area contributed by atoms with Gasteiger partial charge in [-0.2, -0.15) is 9.37 Å². The number of nitrogens with two attached hydrogens (primary N) is 1. The molecule has 3 N–H and O–H groups in total. The Balaban J connectivity index is 1.46. The zero-order valence-electron chi connectivity index (χ0n) is 20.7. The SMILES string of the molecule is Nc1nc(F)c(-c2ccc(N3CCOCC3)c(CN3CCC3)c2F)nc1-c1cc2c(cc1F)C(=O)NCC2. The number of morpholine rings is 1. The number of ether oxygens (including phenoxy) is 1. The number of nitrogens with one attached hydrogen (secondary N) is 1. The summed E-state index contributed by atoms with van der Waals surface area (Å²) in [6, 6.07) is 5.86. The number of amides is 1. The minimum absolute atomic E-state index is 0.0177. The first-order valence-corrected chi connectivity index (χ1v) is 12.7. The fourth-order valence-corrected chi connectivity index (χ4v) is 5.23. The summed E-state index contributed by atoms with van der Waals surface area (Å²) in [6.45, 7) is 4.86. The van der Waals surface area contributed by atoms with Crippen molar-refractivity contribution in [3.8, 4) is 22.5 Å². The van der Waals surface area contributed by atoms with Crippen LogP contribution in [0.3, 0.4) is 0 Å². The van der Waals surface area contributed by atoms with Crippen LogP contribution in [0, 0.1) is 17.6 Å². The highest BCUT2D eigenvalue weighted by molar-refractivity contribution is 5.97. The molecule has 0 saturated carbocycles. The molecule has 3 aliphatic rings. The largest absolute Gasteiger partial charge is 0.382 e. The number of halogens is 3. The van der Waals surface area contributed by atoms with Crippen molar-refractivity contribution in [3.63, 3.8) is 0 Å². The lowest BCUT2D eigenvalue weighted by Crippen LogP contribution is -2.39. The van der Waals surface area contributed by atoms with Crippen LogP contribution in [0.5, 0.6) is 0 Å². The van der Waals surface area contributed by atoms with Crippen LogP contribution < -0.4 is 16.0 Å². The maximum atomic E-state index is 16.2. The monoisotopic (exact) mass is 524 g/mol. The van der Waals surface area contributed by atoms with Crippen molar-refractivity contribution in [1.29, 1.82) is 0 Å². The Morgan fingerprint density at radius 3 is 2.50 bits per heavy atom. The van der Waals surface area contributed by atoms with Crippen molar-refractivity contribution in [2.24, 2.45) is 0 Å². The van der Waals surface area contributed by atoms with Gasteiger partial charge in [0.15, 0.2) is 5.82 Å². The van der Waals surface area contributed by atoms with E-state index in [9.17, 15) is 4.79 Å². The predicted octanol–water partition coefficient (Wildman–Crippen LogP) is 3.14. The zero-order valence-corrected chi connectivity index (χ0v) is 20.7. The van der Waals surface area contributed by atoms with Crippen molar-refractivity contribution in [3.05, 3.63) is 58.5 Å². The van der Waals surface area contributed by atoms with Crippen LogP contribution in [-0.4, -0.2) is 66.7 Å². The van der Waals surface area contributed by atoms with Crippen molar-refractivity contribution in [1.82, 2.24) is 20.2 Å². The van der Waals surface area contributed by atoms with Crippen LogP contribution in [0.2, 0.25) is 0 Å². The van der Waals surface area contributed by atoms with Crippen LogP contribution in [-0.2, 0) is 17.7 Å². The summed E-state index contributed by atoms with van der Waals surface area (Å²) in [7, 11) is 0. The van der Waals surface area contributed by atoms with Gasteiger partial charge in [0.2, 0.25) is 5.95 Å². The molecule has 38 heavy (non-hydrogen) atoms. The third kappa shape index (κ3) is 4.35. The maximum absolute atomic E-state index is 16.2. The minimum atomic E-state index is -1.04. The molecule has 3 aromatic rings. The highest BCUT2D eigenvalue weighted by Crippen LogP contribution is 2.36. The van der Waals surface area contributed by atoms with Gasteiger partial charge in [0.25, 0.3) is 5.91 Å². The molecule has 2 saturated heterocycles. The molecule has 0 unspecified atom stereocenters. The molecule has 0 spiro atoms. The summed E-state index contributed by atoms with van der Waals surface area (Å²) < 4.78 is 51.9. The quantitative estimate of drug-likeness (QED) is 0.530. The van der Waals surface area contributed by atoms with Crippen molar-refractivity contribution >= 4 is 17.4 Å². The molecule has 4 heterocycles. The molecule has 8 nitrogen and oxygen atoms in total. The van der Waals surface area contributed by atoms with E-state index in [2.05, 4.69) is 25.1 Å². The number of rotatable bonds is 5. The molecule has 0 aliphatic carbocycles. The smallest absolute Gasteiger partial charge is 0.251 e. The molecule has 2 aromatic carbocycles. The van der Waals surface area contributed by atoms with Gasteiger partial charge in [-0.3, -0.25) is 9.69 Å². The first-order valence-electron chi connectivity index (χ1n) is 12.7. The fraction of sp³-hybridized carbons (Fsp3) is 0.370. The highest BCUT2D eigenvalue weighted by Gasteiger charge is 2.28. The number of anilines is 2. The average molecular weight is 525 g/mol. The summed E-state index contributed by atoms with van der Waals surface area (Å²) in [4.78, 5) is 24.4. The van der Waals surface area contributed by atoms with Gasteiger partial charge in [0.1, 0.15) is 23.0 Å². The van der Waals surface area contributed by atoms with Crippen LogP contribution in [0.15, 0.2) is 24.3 Å². The molecule has 3 aliphatic heterocycles. The first kappa shape index (κ1) is 24.6. The van der Waals surface area contributed by atoms with Gasteiger partial charge >= 0.3 is 0 Å². The molecule has 6 rings (SSSR count). The van der Waals surface area contributed by atoms with Gasteiger partial charge < -0.3 is 20.7 Å². The number of fused-ring (bicyclic) bond motifs is 1. The van der Waals surface area contributed by atoms with E-state index in [-0.39, 0.29) is 39.8 Å². The summed E-state index contributed by atoms with van der Waals surface area (Å²) in [5, 5.41) is 2.67. The Labute approximate surface area is 217 Å². The maximum Gasteiger partial charge on any atom is 0.251 e. The normalized spacial score (nSPS) is 17.7.